The predicted octanol–water partition coefficient (Wildman–Crippen LogP) is 3.48. The van der Waals surface area contributed by atoms with E-state index in [9.17, 15) is 0 Å². The molecule has 0 aliphatic carbocycles. The van der Waals surface area contributed by atoms with Gasteiger partial charge in [0.15, 0.2) is 12.1 Å². The van der Waals surface area contributed by atoms with Crippen LogP contribution in [0.15, 0.2) is 72.3 Å². The molecule has 1 unspecified atom stereocenters. The van der Waals surface area contributed by atoms with Crippen molar-refractivity contribution in [2.45, 2.75) is 32.1 Å². The van der Waals surface area contributed by atoms with Gasteiger partial charge in [-0.25, -0.2) is 10.8 Å². The number of allylic oxidation sites excluding steroid dienone is 1. The Hall–Kier alpha value is -3.95. The van der Waals surface area contributed by atoms with E-state index in [0.717, 1.165) is 42.3 Å². The number of aliphatic imine (C=N–C) groups is 1. The molecule has 1 aliphatic heterocycles. The minimum atomic E-state index is -0.208. The summed E-state index contributed by atoms with van der Waals surface area (Å²) in [6, 6.07) is 13.4. The number of fused-ring (bicyclic) bond motifs is 1. The number of ether oxygens (including phenoxy) is 2. The Labute approximate surface area is 198 Å². The lowest BCUT2D eigenvalue weighted by Gasteiger charge is -2.21. The van der Waals surface area contributed by atoms with E-state index in [-0.39, 0.29) is 6.29 Å². The monoisotopic (exact) mass is 459 g/mol. The summed E-state index contributed by atoms with van der Waals surface area (Å²) < 4.78 is 11.0. The molecule has 176 valence electrons. The van der Waals surface area contributed by atoms with Gasteiger partial charge in [0.2, 0.25) is 0 Å². The number of hydrogen-bond acceptors (Lipinski definition) is 9. The Balaban J connectivity index is 1.43. The van der Waals surface area contributed by atoms with Gasteiger partial charge in [0.05, 0.1) is 36.2 Å². The van der Waals surface area contributed by atoms with Gasteiger partial charge in [0.25, 0.3) is 0 Å². The van der Waals surface area contributed by atoms with E-state index in [1.54, 1.807) is 30.7 Å². The predicted molar refractivity (Wildman–Crippen MR) is 135 cm³/mol. The standard InChI is InChI=1S/C25H29N7O2/c26-15-20(16-29-11-13-34-24-5-1-2-12-33-24)23-9-7-21(27)25(31-23)32(28)17-18-6-8-22-19(14-18)4-3-10-30-22/h3-4,6-11,13-16,24H,1-2,5,12,17,26-28H2. The number of hydrogen-bond donors (Lipinski definition) is 3. The molecule has 1 aliphatic rings. The Morgan fingerprint density at radius 3 is 2.97 bits per heavy atom. The van der Waals surface area contributed by atoms with Crippen LogP contribution in [0.2, 0.25) is 0 Å². The van der Waals surface area contributed by atoms with Gasteiger partial charge < -0.3 is 20.9 Å². The summed E-state index contributed by atoms with van der Waals surface area (Å²) in [5.41, 5.74) is 15.6. The van der Waals surface area contributed by atoms with Gasteiger partial charge >= 0.3 is 0 Å². The molecule has 1 aromatic carbocycles. The van der Waals surface area contributed by atoms with Crippen LogP contribution in [0.5, 0.6) is 0 Å². The molecule has 9 nitrogen and oxygen atoms in total. The number of pyridine rings is 2. The largest absolute Gasteiger partial charge is 0.471 e. The maximum atomic E-state index is 6.34. The summed E-state index contributed by atoms with van der Waals surface area (Å²) in [5.74, 6) is 6.79. The number of nitrogens with two attached hydrogens (primary N) is 3. The van der Waals surface area contributed by atoms with Gasteiger partial charge in [-0.1, -0.05) is 12.1 Å². The highest BCUT2D eigenvalue weighted by molar-refractivity contribution is 6.09. The van der Waals surface area contributed by atoms with Crippen LogP contribution in [0, 0.1) is 0 Å². The second-order valence-corrected chi connectivity index (χ2v) is 7.89. The minimum absolute atomic E-state index is 0.208. The van der Waals surface area contributed by atoms with Crippen molar-refractivity contribution in [2.75, 3.05) is 17.3 Å². The highest BCUT2D eigenvalue weighted by atomic mass is 16.7. The minimum Gasteiger partial charge on any atom is -0.471 e. The van der Waals surface area contributed by atoms with E-state index in [0.29, 0.717) is 29.3 Å². The quantitative estimate of drug-likeness (QED) is 0.201. The van der Waals surface area contributed by atoms with Crippen molar-refractivity contribution < 1.29 is 9.47 Å². The Kier molecular flexibility index (Phi) is 7.69. The van der Waals surface area contributed by atoms with Gasteiger partial charge in [0.1, 0.15) is 6.26 Å². The third-order valence-corrected chi connectivity index (χ3v) is 5.40. The van der Waals surface area contributed by atoms with Crippen molar-refractivity contribution in [3.63, 3.8) is 0 Å². The zero-order valence-corrected chi connectivity index (χ0v) is 18.9. The first-order valence-corrected chi connectivity index (χ1v) is 11.1. The molecule has 1 fully saturated rings. The summed E-state index contributed by atoms with van der Waals surface area (Å²) >= 11 is 0. The lowest BCUT2D eigenvalue weighted by Crippen LogP contribution is -2.32. The van der Waals surface area contributed by atoms with Crippen molar-refractivity contribution in [1.82, 2.24) is 9.97 Å². The molecule has 3 heterocycles. The smallest absolute Gasteiger partial charge is 0.198 e. The molecule has 1 saturated heterocycles. The van der Waals surface area contributed by atoms with Crippen LogP contribution in [0.25, 0.3) is 16.5 Å². The van der Waals surface area contributed by atoms with Crippen LogP contribution >= 0.6 is 0 Å². The summed E-state index contributed by atoms with van der Waals surface area (Å²) in [7, 11) is 0. The fourth-order valence-electron chi connectivity index (χ4n) is 3.64. The molecular formula is C25H29N7O2. The van der Waals surface area contributed by atoms with Crippen LogP contribution in [-0.4, -0.2) is 29.1 Å². The average Bonchev–Trinajstić information content (AvgIpc) is 2.87. The van der Waals surface area contributed by atoms with E-state index in [4.69, 9.17) is 26.8 Å². The van der Waals surface area contributed by atoms with E-state index in [1.807, 2.05) is 30.3 Å². The van der Waals surface area contributed by atoms with Crippen molar-refractivity contribution in [3.05, 3.63) is 78.6 Å². The normalized spacial score (nSPS) is 17.0. The lowest BCUT2D eigenvalue weighted by atomic mass is 10.1. The van der Waals surface area contributed by atoms with Gasteiger partial charge in [-0.05, 0) is 48.7 Å². The molecule has 6 N–H and O–H groups in total. The van der Waals surface area contributed by atoms with Crippen molar-refractivity contribution in [3.8, 4) is 0 Å². The Bertz CT molecular complexity index is 1200. The molecule has 0 amide bonds. The van der Waals surface area contributed by atoms with Crippen molar-refractivity contribution in [1.29, 1.82) is 0 Å². The molecule has 2 aromatic heterocycles. The maximum absolute atomic E-state index is 6.34. The van der Waals surface area contributed by atoms with E-state index < -0.39 is 0 Å². The molecule has 9 heteroatoms. The van der Waals surface area contributed by atoms with Crippen LogP contribution in [0.4, 0.5) is 11.5 Å². The van der Waals surface area contributed by atoms with Crippen LogP contribution in [0.3, 0.4) is 0 Å². The van der Waals surface area contributed by atoms with Crippen LogP contribution in [-0.2, 0) is 16.0 Å². The van der Waals surface area contributed by atoms with Gasteiger partial charge in [-0.2, -0.15) is 0 Å². The number of aromatic nitrogens is 2. The lowest BCUT2D eigenvalue weighted by molar-refractivity contribution is -0.129. The number of rotatable bonds is 8. The van der Waals surface area contributed by atoms with Crippen LogP contribution < -0.4 is 22.3 Å². The second kappa shape index (κ2) is 11.3. The Morgan fingerprint density at radius 1 is 1.24 bits per heavy atom. The third-order valence-electron chi connectivity index (χ3n) is 5.40. The molecule has 0 bridgehead atoms. The fraction of sp³-hybridized carbons (Fsp3) is 0.240. The summed E-state index contributed by atoms with van der Waals surface area (Å²) in [4.78, 5) is 13.2. The third kappa shape index (κ3) is 5.89. The molecule has 3 aromatic rings. The van der Waals surface area contributed by atoms with E-state index in [1.165, 1.54) is 17.5 Å². The average molecular weight is 460 g/mol. The first kappa shape index (κ1) is 23.2. The SMILES string of the molecule is NC=C(C=NC=COC1CCCCO1)c1ccc(N)c(N(N)Cc2ccc3ncccc3c2)n1. The number of nitrogen functional groups attached to an aromatic ring is 1. The number of anilines is 2. The molecule has 0 saturated carbocycles. The van der Waals surface area contributed by atoms with Crippen LogP contribution in [0.1, 0.15) is 30.5 Å². The second-order valence-electron chi connectivity index (χ2n) is 7.89. The molecule has 0 radical (unpaired) electrons. The maximum Gasteiger partial charge on any atom is 0.198 e. The van der Waals surface area contributed by atoms with Gasteiger partial charge in [-0.15, -0.1) is 0 Å². The van der Waals surface area contributed by atoms with Crippen molar-refractivity contribution >= 4 is 34.2 Å². The fourth-order valence-corrected chi connectivity index (χ4v) is 3.64. The summed E-state index contributed by atoms with van der Waals surface area (Å²) in [6.07, 6.45) is 10.7. The molecule has 4 rings (SSSR count). The first-order chi connectivity index (χ1) is 16.6. The summed E-state index contributed by atoms with van der Waals surface area (Å²) in [5, 5.41) is 2.55. The molecule has 34 heavy (non-hydrogen) atoms. The number of hydrazine groups is 1. The van der Waals surface area contributed by atoms with E-state index >= 15 is 0 Å². The highest BCUT2D eigenvalue weighted by Crippen LogP contribution is 2.24. The summed E-state index contributed by atoms with van der Waals surface area (Å²) in [6.45, 7) is 1.15. The zero-order valence-electron chi connectivity index (χ0n) is 18.9. The van der Waals surface area contributed by atoms with Gasteiger partial charge in [0, 0.05) is 36.0 Å². The highest BCUT2D eigenvalue weighted by Gasteiger charge is 2.13. The van der Waals surface area contributed by atoms with Crippen molar-refractivity contribution in [2.24, 2.45) is 16.6 Å². The number of nitrogens with zero attached hydrogens (tertiary/aromatic N) is 4. The molecular weight excluding hydrogens is 430 g/mol. The zero-order chi connectivity index (χ0) is 23.8. The van der Waals surface area contributed by atoms with E-state index in [2.05, 4.69) is 15.0 Å². The molecule has 1 atom stereocenters. The Morgan fingerprint density at radius 2 is 2.15 bits per heavy atom. The molecule has 0 spiro atoms. The van der Waals surface area contributed by atoms with Gasteiger partial charge in [-0.3, -0.25) is 15.0 Å². The topological polar surface area (TPSA) is 138 Å². The first-order valence-electron chi connectivity index (χ1n) is 11.1. The number of benzene rings is 1.